The Bertz CT molecular complexity index is 1010. The summed E-state index contributed by atoms with van der Waals surface area (Å²) >= 11 is 7.57. The van der Waals surface area contributed by atoms with Crippen molar-refractivity contribution in [3.8, 4) is 5.69 Å². The number of nitrogens with zero attached hydrogens (tertiary/aromatic N) is 4. The van der Waals surface area contributed by atoms with Gasteiger partial charge in [-0.2, -0.15) is 0 Å². The topological polar surface area (TPSA) is 72.7 Å². The predicted octanol–water partition coefficient (Wildman–Crippen LogP) is 3.78. The summed E-state index contributed by atoms with van der Waals surface area (Å²) in [6.45, 7) is 0. The summed E-state index contributed by atoms with van der Waals surface area (Å²) in [7, 11) is 0. The van der Waals surface area contributed by atoms with Crippen molar-refractivity contribution in [2.75, 3.05) is 5.32 Å². The first-order valence-electron chi connectivity index (χ1n) is 7.03. The molecule has 0 aliphatic carbocycles. The summed E-state index contributed by atoms with van der Waals surface area (Å²) in [5.41, 5.74) is 1.51. The molecule has 2 aromatic heterocycles. The first kappa shape index (κ1) is 14.8. The predicted molar refractivity (Wildman–Crippen MR) is 93.9 cm³/mol. The second-order valence-corrected chi connectivity index (χ2v) is 6.51. The smallest absolute Gasteiger partial charge is 0.265 e. The summed E-state index contributed by atoms with van der Waals surface area (Å²) < 4.78 is 2.53. The second kappa shape index (κ2) is 6.03. The number of rotatable bonds is 3. The zero-order valence-electron chi connectivity index (χ0n) is 12.2. The molecule has 4 aromatic rings. The number of amides is 1. The van der Waals surface area contributed by atoms with Crippen molar-refractivity contribution in [1.29, 1.82) is 0 Å². The molecule has 0 radical (unpaired) electrons. The summed E-state index contributed by atoms with van der Waals surface area (Å²) in [6.07, 6.45) is 1.51. The number of aromatic nitrogens is 4. The molecular formula is C16H10ClN5OS. The number of fused-ring (bicyclic) bond motifs is 1. The maximum absolute atomic E-state index is 12.4. The van der Waals surface area contributed by atoms with E-state index in [4.69, 9.17) is 11.6 Å². The number of nitrogens with one attached hydrogen (secondary N) is 1. The number of tetrazole rings is 1. The van der Waals surface area contributed by atoms with E-state index in [9.17, 15) is 4.79 Å². The van der Waals surface area contributed by atoms with Crippen molar-refractivity contribution >= 4 is 44.6 Å². The molecule has 0 fully saturated rings. The molecule has 0 aliphatic rings. The van der Waals surface area contributed by atoms with Crippen molar-refractivity contribution in [1.82, 2.24) is 20.2 Å². The van der Waals surface area contributed by atoms with Gasteiger partial charge in [0.15, 0.2) is 0 Å². The Balaban J connectivity index is 1.55. The van der Waals surface area contributed by atoms with Crippen molar-refractivity contribution in [3.63, 3.8) is 0 Å². The number of hydrogen-bond acceptors (Lipinski definition) is 5. The maximum Gasteiger partial charge on any atom is 0.265 e. The summed E-state index contributed by atoms with van der Waals surface area (Å²) in [6, 6.07) is 14.7. The number of halogens is 1. The number of thiophene rings is 1. The van der Waals surface area contributed by atoms with Crippen LogP contribution in [0.3, 0.4) is 0 Å². The van der Waals surface area contributed by atoms with Crippen LogP contribution in [0.1, 0.15) is 9.67 Å². The Labute approximate surface area is 145 Å². The van der Waals surface area contributed by atoms with E-state index < -0.39 is 0 Å². The number of benzene rings is 2. The van der Waals surface area contributed by atoms with Gasteiger partial charge in [0.25, 0.3) is 5.91 Å². The third kappa shape index (κ3) is 2.75. The van der Waals surface area contributed by atoms with E-state index in [0.29, 0.717) is 15.6 Å². The van der Waals surface area contributed by atoms with Crippen LogP contribution in [-0.2, 0) is 0 Å². The zero-order chi connectivity index (χ0) is 16.5. The molecule has 0 saturated heterocycles. The van der Waals surface area contributed by atoms with Crippen molar-refractivity contribution < 1.29 is 4.79 Å². The Kier molecular flexibility index (Phi) is 3.72. The SMILES string of the molecule is O=C(Nc1ccc(-n2cnnn2)cc1)c1cc2c(Cl)cccc2s1. The van der Waals surface area contributed by atoms with Gasteiger partial charge in [-0.15, -0.1) is 16.4 Å². The van der Waals surface area contributed by atoms with E-state index >= 15 is 0 Å². The van der Waals surface area contributed by atoms with Gasteiger partial charge in [-0.05, 0) is 52.9 Å². The molecule has 24 heavy (non-hydrogen) atoms. The van der Waals surface area contributed by atoms with Crippen LogP contribution in [0.15, 0.2) is 54.9 Å². The Morgan fingerprint density at radius 1 is 1.17 bits per heavy atom. The maximum atomic E-state index is 12.4. The molecule has 1 N–H and O–H groups in total. The van der Waals surface area contributed by atoms with Gasteiger partial charge in [-0.25, -0.2) is 4.68 Å². The van der Waals surface area contributed by atoms with E-state index in [1.165, 1.54) is 17.7 Å². The number of carbonyl (C=O) groups is 1. The minimum Gasteiger partial charge on any atom is -0.321 e. The lowest BCUT2D eigenvalue weighted by Gasteiger charge is -2.04. The van der Waals surface area contributed by atoms with E-state index in [1.54, 1.807) is 16.8 Å². The zero-order valence-corrected chi connectivity index (χ0v) is 13.8. The standard InChI is InChI=1S/C16H10ClN5OS/c17-13-2-1-3-14-12(13)8-15(24-14)16(23)19-10-4-6-11(7-5-10)22-9-18-20-21-22/h1-9H,(H,19,23). The third-order valence-corrected chi connectivity index (χ3v) is 4.90. The van der Waals surface area contributed by atoms with E-state index in [1.807, 2.05) is 36.4 Å². The second-order valence-electron chi connectivity index (χ2n) is 5.02. The molecule has 0 saturated carbocycles. The largest absolute Gasteiger partial charge is 0.321 e. The number of carbonyl (C=O) groups excluding carboxylic acids is 1. The van der Waals surface area contributed by atoms with E-state index in [0.717, 1.165) is 15.8 Å². The molecule has 1 amide bonds. The minimum atomic E-state index is -0.164. The van der Waals surface area contributed by atoms with Crippen molar-refractivity contribution in [2.24, 2.45) is 0 Å². The van der Waals surface area contributed by atoms with Crippen LogP contribution in [0.5, 0.6) is 0 Å². The lowest BCUT2D eigenvalue weighted by Crippen LogP contribution is -2.10. The highest BCUT2D eigenvalue weighted by Gasteiger charge is 2.12. The summed E-state index contributed by atoms with van der Waals surface area (Å²) in [4.78, 5) is 13.0. The fourth-order valence-corrected chi connectivity index (χ4v) is 3.58. The van der Waals surface area contributed by atoms with Gasteiger partial charge in [0, 0.05) is 20.8 Å². The minimum absolute atomic E-state index is 0.164. The van der Waals surface area contributed by atoms with Crippen LogP contribution >= 0.6 is 22.9 Å². The molecule has 0 aliphatic heterocycles. The monoisotopic (exact) mass is 355 g/mol. The average molecular weight is 356 g/mol. The van der Waals surface area contributed by atoms with Crippen LogP contribution in [-0.4, -0.2) is 26.1 Å². The van der Waals surface area contributed by atoms with Gasteiger partial charge in [0.1, 0.15) is 6.33 Å². The highest BCUT2D eigenvalue weighted by Crippen LogP contribution is 2.31. The molecule has 2 heterocycles. The summed E-state index contributed by atoms with van der Waals surface area (Å²) in [5.74, 6) is -0.164. The van der Waals surface area contributed by atoms with E-state index in [2.05, 4.69) is 20.8 Å². The lowest BCUT2D eigenvalue weighted by atomic mass is 10.2. The third-order valence-electron chi connectivity index (χ3n) is 3.47. The van der Waals surface area contributed by atoms with Crippen molar-refractivity contribution in [3.05, 3.63) is 64.8 Å². The normalized spacial score (nSPS) is 10.9. The molecule has 0 unspecified atom stereocenters. The first-order chi connectivity index (χ1) is 11.7. The van der Waals surface area contributed by atoms with Gasteiger partial charge >= 0.3 is 0 Å². The van der Waals surface area contributed by atoms with Crippen LogP contribution in [0.2, 0.25) is 5.02 Å². The number of anilines is 1. The molecular weight excluding hydrogens is 346 g/mol. The van der Waals surface area contributed by atoms with Crippen LogP contribution in [0.4, 0.5) is 5.69 Å². The molecule has 4 rings (SSSR count). The van der Waals surface area contributed by atoms with Gasteiger partial charge in [-0.3, -0.25) is 4.79 Å². The Morgan fingerprint density at radius 2 is 2.00 bits per heavy atom. The highest BCUT2D eigenvalue weighted by atomic mass is 35.5. The fraction of sp³-hybridized carbons (Fsp3) is 0. The first-order valence-corrected chi connectivity index (χ1v) is 8.23. The molecule has 0 spiro atoms. The quantitative estimate of drug-likeness (QED) is 0.607. The Morgan fingerprint density at radius 3 is 2.71 bits per heavy atom. The van der Waals surface area contributed by atoms with Crippen LogP contribution < -0.4 is 5.32 Å². The molecule has 8 heteroatoms. The van der Waals surface area contributed by atoms with Gasteiger partial charge in [-0.1, -0.05) is 17.7 Å². The van der Waals surface area contributed by atoms with E-state index in [-0.39, 0.29) is 5.91 Å². The van der Waals surface area contributed by atoms with Gasteiger partial charge in [0.05, 0.1) is 10.6 Å². The van der Waals surface area contributed by atoms with Crippen LogP contribution in [0, 0.1) is 0 Å². The fourth-order valence-electron chi connectivity index (χ4n) is 2.31. The molecule has 0 bridgehead atoms. The average Bonchev–Trinajstić information content (AvgIpc) is 3.26. The highest BCUT2D eigenvalue weighted by molar-refractivity contribution is 7.21. The van der Waals surface area contributed by atoms with Gasteiger partial charge < -0.3 is 5.32 Å². The van der Waals surface area contributed by atoms with Gasteiger partial charge in [0.2, 0.25) is 0 Å². The van der Waals surface area contributed by atoms with Crippen LogP contribution in [0.25, 0.3) is 15.8 Å². The number of hydrogen-bond donors (Lipinski definition) is 1. The molecule has 118 valence electrons. The Hall–Kier alpha value is -2.77. The molecule has 6 nitrogen and oxygen atoms in total. The summed E-state index contributed by atoms with van der Waals surface area (Å²) in [5, 5.41) is 15.4. The van der Waals surface area contributed by atoms with Crippen molar-refractivity contribution in [2.45, 2.75) is 0 Å². The molecule has 0 atom stereocenters. The lowest BCUT2D eigenvalue weighted by molar-refractivity contribution is 0.103. The molecule has 2 aromatic carbocycles.